The minimum atomic E-state index is -0.962. The van der Waals surface area contributed by atoms with Gasteiger partial charge in [-0.3, -0.25) is 18.7 Å². The number of aliphatic carboxylic acids is 1. The van der Waals surface area contributed by atoms with Crippen LogP contribution in [0.15, 0.2) is 9.59 Å². The average Bonchev–Trinajstić information content (AvgIpc) is 2.54. The molecule has 2 rings (SSSR count). The number of rotatable bonds is 6. The molecule has 0 fully saturated rings. The van der Waals surface area contributed by atoms with Gasteiger partial charge in [0.1, 0.15) is 0 Å². The van der Waals surface area contributed by atoms with E-state index in [-0.39, 0.29) is 30.6 Å². The molecule has 0 atom stereocenters. The van der Waals surface area contributed by atoms with E-state index in [4.69, 9.17) is 5.11 Å². The lowest BCUT2D eigenvalue weighted by Gasteiger charge is -2.12. The SMILES string of the molecule is CCc1nc2c(=O)n(CCCC(=O)O)c(=O)n(C)c2nc1CC. The fourth-order valence-electron chi connectivity index (χ4n) is 2.51. The molecule has 8 nitrogen and oxygen atoms in total. The van der Waals surface area contributed by atoms with Crippen LogP contribution in [0.25, 0.3) is 11.2 Å². The molecule has 2 aromatic heterocycles. The van der Waals surface area contributed by atoms with Crippen molar-refractivity contribution in [3.05, 3.63) is 32.2 Å². The molecule has 23 heavy (non-hydrogen) atoms. The number of hydrogen-bond donors (Lipinski definition) is 1. The Morgan fingerprint density at radius 3 is 2.30 bits per heavy atom. The van der Waals surface area contributed by atoms with Gasteiger partial charge in [-0.15, -0.1) is 0 Å². The molecule has 2 aromatic rings. The Hall–Kier alpha value is -2.51. The predicted octanol–water partition coefficient (Wildman–Crippen LogP) is 0.480. The number of aryl methyl sites for hydroxylation is 3. The quantitative estimate of drug-likeness (QED) is 0.829. The number of fused-ring (bicyclic) bond motifs is 1. The van der Waals surface area contributed by atoms with Gasteiger partial charge in [0.15, 0.2) is 11.2 Å². The molecule has 0 amide bonds. The lowest BCUT2D eigenvalue weighted by atomic mass is 10.2. The molecular weight excluding hydrogens is 300 g/mol. The second-order valence-corrected chi connectivity index (χ2v) is 5.29. The minimum absolute atomic E-state index is 0.0480. The van der Waals surface area contributed by atoms with Gasteiger partial charge >= 0.3 is 11.7 Å². The Morgan fingerprint density at radius 1 is 1.13 bits per heavy atom. The van der Waals surface area contributed by atoms with E-state index in [2.05, 4.69) is 9.97 Å². The van der Waals surface area contributed by atoms with E-state index in [1.54, 1.807) is 0 Å². The van der Waals surface area contributed by atoms with Crippen molar-refractivity contribution >= 4 is 17.1 Å². The van der Waals surface area contributed by atoms with Crippen LogP contribution in [0.4, 0.5) is 0 Å². The van der Waals surface area contributed by atoms with Crippen molar-refractivity contribution < 1.29 is 9.90 Å². The molecule has 124 valence electrons. The summed E-state index contributed by atoms with van der Waals surface area (Å²) in [6.45, 7) is 3.93. The smallest absolute Gasteiger partial charge is 0.332 e. The monoisotopic (exact) mass is 320 g/mol. The molecule has 0 aliphatic carbocycles. The van der Waals surface area contributed by atoms with Gasteiger partial charge in [-0.2, -0.15) is 0 Å². The zero-order valence-corrected chi connectivity index (χ0v) is 13.5. The topological polar surface area (TPSA) is 107 Å². The highest BCUT2D eigenvalue weighted by Gasteiger charge is 2.16. The Balaban J connectivity index is 2.65. The van der Waals surface area contributed by atoms with Crippen molar-refractivity contribution in [1.82, 2.24) is 19.1 Å². The van der Waals surface area contributed by atoms with Gasteiger partial charge in [-0.1, -0.05) is 13.8 Å². The van der Waals surface area contributed by atoms with E-state index in [9.17, 15) is 14.4 Å². The van der Waals surface area contributed by atoms with Crippen LogP contribution in [0, 0.1) is 0 Å². The maximum absolute atomic E-state index is 12.5. The van der Waals surface area contributed by atoms with Crippen LogP contribution in [0.2, 0.25) is 0 Å². The number of carboxylic acids is 1. The molecular formula is C15H20N4O4. The van der Waals surface area contributed by atoms with E-state index in [1.165, 1.54) is 11.6 Å². The van der Waals surface area contributed by atoms with E-state index in [0.717, 1.165) is 16.0 Å². The first kappa shape index (κ1) is 16.9. The van der Waals surface area contributed by atoms with Crippen molar-refractivity contribution in [3.8, 4) is 0 Å². The van der Waals surface area contributed by atoms with Crippen molar-refractivity contribution in [1.29, 1.82) is 0 Å². The van der Waals surface area contributed by atoms with Gasteiger partial charge in [-0.25, -0.2) is 14.8 Å². The molecule has 2 heterocycles. The van der Waals surface area contributed by atoms with Gasteiger partial charge < -0.3 is 5.11 Å². The highest BCUT2D eigenvalue weighted by Crippen LogP contribution is 2.10. The Labute approximate surface area is 132 Å². The van der Waals surface area contributed by atoms with Crippen LogP contribution in [0.5, 0.6) is 0 Å². The van der Waals surface area contributed by atoms with E-state index < -0.39 is 17.2 Å². The lowest BCUT2D eigenvalue weighted by molar-refractivity contribution is -0.137. The molecule has 0 aliphatic heterocycles. The summed E-state index contributed by atoms with van der Waals surface area (Å²) in [5.41, 5.74) is 0.915. The Bertz CT molecular complexity index is 866. The first-order valence-electron chi connectivity index (χ1n) is 7.61. The second kappa shape index (κ2) is 6.72. The van der Waals surface area contributed by atoms with Crippen molar-refractivity contribution in [3.63, 3.8) is 0 Å². The fraction of sp³-hybridized carbons (Fsp3) is 0.533. The third-order valence-electron chi connectivity index (χ3n) is 3.76. The first-order valence-corrected chi connectivity index (χ1v) is 7.61. The fourth-order valence-corrected chi connectivity index (χ4v) is 2.51. The molecule has 0 radical (unpaired) electrons. The molecule has 0 saturated heterocycles. The summed E-state index contributed by atoms with van der Waals surface area (Å²) in [5.74, 6) is -0.962. The summed E-state index contributed by atoms with van der Waals surface area (Å²) in [6.07, 6.45) is 1.42. The zero-order chi connectivity index (χ0) is 17.1. The highest BCUT2D eigenvalue weighted by atomic mass is 16.4. The maximum atomic E-state index is 12.5. The molecule has 8 heteroatoms. The number of carbonyl (C=O) groups is 1. The largest absolute Gasteiger partial charge is 0.481 e. The van der Waals surface area contributed by atoms with Crippen LogP contribution in [-0.4, -0.2) is 30.2 Å². The molecule has 0 aliphatic rings. The van der Waals surface area contributed by atoms with Crippen molar-refractivity contribution in [2.24, 2.45) is 7.05 Å². The third-order valence-corrected chi connectivity index (χ3v) is 3.76. The van der Waals surface area contributed by atoms with Crippen molar-refractivity contribution in [2.45, 2.75) is 46.1 Å². The molecule has 0 bridgehead atoms. The number of carboxylic acid groups (broad SMARTS) is 1. The van der Waals surface area contributed by atoms with E-state index in [1.807, 2.05) is 13.8 Å². The molecule has 0 saturated carbocycles. The van der Waals surface area contributed by atoms with Crippen LogP contribution in [0.3, 0.4) is 0 Å². The first-order chi connectivity index (χ1) is 10.9. The predicted molar refractivity (Wildman–Crippen MR) is 84.7 cm³/mol. The van der Waals surface area contributed by atoms with E-state index >= 15 is 0 Å². The lowest BCUT2D eigenvalue weighted by Crippen LogP contribution is -2.40. The normalized spacial score (nSPS) is 11.1. The molecule has 0 spiro atoms. The number of aromatic nitrogens is 4. The summed E-state index contributed by atoms with van der Waals surface area (Å²) < 4.78 is 2.33. The van der Waals surface area contributed by atoms with Crippen LogP contribution in [0.1, 0.15) is 38.1 Å². The summed E-state index contributed by atoms with van der Waals surface area (Å²) >= 11 is 0. The Kier molecular flexibility index (Phi) is 4.92. The van der Waals surface area contributed by atoms with Crippen molar-refractivity contribution in [2.75, 3.05) is 0 Å². The Morgan fingerprint density at radius 2 is 1.74 bits per heavy atom. The molecule has 0 unspecified atom stereocenters. The molecule has 0 aromatic carbocycles. The highest BCUT2D eigenvalue weighted by molar-refractivity contribution is 5.69. The van der Waals surface area contributed by atoms with Gasteiger partial charge in [0, 0.05) is 20.0 Å². The maximum Gasteiger partial charge on any atom is 0.332 e. The zero-order valence-electron chi connectivity index (χ0n) is 13.5. The average molecular weight is 320 g/mol. The van der Waals surface area contributed by atoms with E-state index in [0.29, 0.717) is 12.8 Å². The number of nitrogens with zero attached hydrogens (tertiary/aromatic N) is 4. The minimum Gasteiger partial charge on any atom is -0.481 e. The third kappa shape index (κ3) is 3.15. The van der Waals surface area contributed by atoms with Crippen LogP contribution < -0.4 is 11.2 Å². The van der Waals surface area contributed by atoms with Gasteiger partial charge in [0.25, 0.3) is 5.56 Å². The summed E-state index contributed by atoms with van der Waals surface area (Å²) in [4.78, 5) is 44.3. The summed E-state index contributed by atoms with van der Waals surface area (Å²) in [5, 5.41) is 8.69. The van der Waals surface area contributed by atoms with Gasteiger partial charge in [0.2, 0.25) is 0 Å². The van der Waals surface area contributed by atoms with Crippen LogP contribution in [-0.2, 0) is 31.2 Å². The molecule has 1 N–H and O–H groups in total. The van der Waals surface area contributed by atoms with Crippen LogP contribution >= 0.6 is 0 Å². The second-order valence-electron chi connectivity index (χ2n) is 5.29. The van der Waals surface area contributed by atoms with Gasteiger partial charge in [0.05, 0.1) is 11.4 Å². The summed E-state index contributed by atoms with van der Waals surface area (Å²) in [7, 11) is 1.54. The summed E-state index contributed by atoms with van der Waals surface area (Å²) in [6, 6.07) is 0. The standard InChI is InChI=1S/C15H20N4O4/c1-4-9-10(5-2)17-13-12(16-9)14(22)19(15(23)18(13)3)8-6-7-11(20)21/h4-8H2,1-3H3,(H,20,21). The van der Waals surface area contributed by atoms with Gasteiger partial charge in [-0.05, 0) is 19.3 Å². The number of hydrogen-bond acceptors (Lipinski definition) is 5.